The summed E-state index contributed by atoms with van der Waals surface area (Å²) in [5, 5.41) is 0.982. The number of aromatic amines is 1. The Labute approximate surface area is 137 Å². The number of aryl methyl sites for hydroxylation is 2. The number of nitrogens with zero attached hydrogens (tertiary/aromatic N) is 2. The van der Waals surface area contributed by atoms with Gasteiger partial charge in [-0.2, -0.15) is 0 Å². The minimum Gasteiger partial charge on any atom is -0.336 e. The Kier molecular flexibility index (Phi) is 4.88. The lowest BCUT2D eigenvalue weighted by Gasteiger charge is -2.17. The van der Waals surface area contributed by atoms with Crippen molar-refractivity contribution in [2.45, 2.75) is 20.4 Å². The number of H-pyrrole nitrogens is 1. The summed E-state index contributed by atoms with van der Waals surface area (Å²) in [6.07, 6.45) is 0. The van der Waals surface area contributed by atoms with E-state index >= 15 is 0 Å². The third kappa shape index (κ3) is 3.67. The smallest absolute Gasteiger partial charge is 0.279 e. The number of hydrogen-bond acceptors (Lipinski definition) is 3. The zero-order valence-corrected chi connectivity index (χ0v) is 13.9. The predicted octanol–water partition coefficient (Wildman–Crippen LogP) is 2.97. The van der Waals surface area contributed by atoms with E-state index in [1.807, 2.05) is 0 Å². The van der Waals surface area contributed by atoms with E-state index < -0.39 is 11.5 Å². The number of amides is 1. The van der Waals surface area contributed by atoms with Gasteiger partial charge in [0.15, 0.2) is 5.69 Å². The van der Waals surface area contributed by atoms with Crippen LogP contribution in [0.4, 0.5) is 0 Å². The molecule has 0 unspecified atom stereocenters. The number of hydrogen-bond donors (Lipinski definition) is 1. The van der Waals surface area contributed by atoms with Gasteiger partial charge in [-0.25, -0.2) is 4.98 Å². The molecule has 0 saturated carbocycles. The van der Waals surface area contributed by atoms with E-state index in [9.17, 15) is 9.59 Å². The monoisotopic (exact) mass is 339 g/mol. The highest BCUT2D eigenvalue weighted by Crippen LogP contribution is 2.20. The van der Waals surface area contributed by atoms with Gasteiger partial charge in [0, 0.05) is 29.3 Å². The molecule has 0 spiro atoms. The summed E-state index contributed by atoms with van der Waals surface area (Å²) in [5.41, 5.74) is 1.41. The van der Waals surface area contributed by atoms with Crippen molar-refractivity contribution < 1.29 is 4.79 Å². The summed E-state index contributed by atoms with van der Waals surface area (Å²) in [5.74, 6) is -0.458. The molecule has 1 N–H and O–H groups in total. The van der Waals surface area contributed by atoms with Crippen molar-refractivity contribution in [3.63, 3.8) is 0 Å². The molecule has 0 radical (unpaired) electrons. The van der Waals surface area contributed by atoms with Gasteiger partial charge < -0.3 is 9.88 Å². The van der Waals surface area contributed by atoms with Gasteiger partial charge in [-0.1, -0.05) is 23.2 Å². The first-order valence-corrected chi connectivity index (χ1v) is 7.31. The van der Waals surface area contributed by atoms with E-state index in [2.05, 4.69) is 9.97 Å². The van der Waals surface area contributed by atoms with Gasteiger partial charge >= 0.3 is 0 Å². The van der Waals surface area contributed by atoms with Crippen LogP contribution in [0, 0.1) is 13.8 Å². The molecule has 0 aliphatic heterocycles. The third-order valence-corrected chi connectivity index (χ3v) is 3.67. The molecular weight excluding hydrogens is 325 g/mol. The van der Waals surface area contributed by atoms with E-state index in [1.54, 1.807) is 39.1 Å². The van der Waals surface area contributed by atoms with E-state index in [1.165, 1.54) is 4.90 Å². The molecule has 1 aromatic heterocycles. The van der Waals surface area contributed by atoms with Crippen LogP contribution >= 0.6 is 23.2 Å². The Morgan fingerprint density at radius 1 is 1.23 bits per heavy atom. The molecule has 1 aromatic carbocycles. The molecule has 0 bridgehead atoms. The van der Waals surface area contributed by atoms with E-state index in [-0.39, 0.29) is 12.2 Å². The highest BCUT2D eigenvalue weighted by molar-refractivity contribution is 6.34. The molecular formula is C15H15Cl2N3O2. The fourth-order valence-corrected chi connectivity index (χ4v) is 2.57. The van der Waals surface area contributed by atoms with Crippen LogP contribution in [0.25, 0.3) is 0 Å². The van der Waals surface area contributed by atoms with E-state index in [0.717, 1.165) is 5.56 Å². The second-order valence-electron chi connectivity index (χ2n) is 5.06. The minimum absolute atomic E-state index is 0.126. The Bertz CT molecular complexity index is 767. The fraction of sp³-hybridized carbons (Fsp3) is 0.267. The van der Waals surface area contributed by atoms with Crippen LogP contribution in [0.2, 0.25) is 10.0 Å². The van der Waals surface area contributed by atoms with Gasteiger partial charge in [-0.15, -0.1) is 0 Å². The van der Waals surface area contributed by atoms with Crippen molar-refractivity contribution in [1.29, 1.82) is 0 Å². The first-order valence-electron chi connectivity index (χ1n) is 6.56. The molecule has 0 saturated heterocycles. The number of carbonyl (C=O) groups excluding carboxylic acids is 1. The topological polar surface area (TPSA) is 66.1 Å². The van der Waals surface area contributed by atoms with Crippen LogP contribution in [0.3, 0.4) is 0 Å². The summed E-state index contributed by atoms with van der Waals surface area (Å²) < 4.78 is 0. The van der Waals surface area contributed by atoms with Crippen LogP contribution in [0.1, 0.15) is 27.4 Å². The van der Waals surface area contributed by atoms with E-state index in [4.69, 9.17) is 23.2 Å². The van der Waals surface area contributed by atoms with Crippen LogP contribution in [-0.4, -0.2) is 27.8 Å². The number of nitrogens with one attached hydrogen (secondary N) is 1. The third-order valence-electron chi connectivity index (χ3n) is 3.23. The molecule has 0 aliphatic rings. The zero-order chi connectivity index (χ0) is 16.4. The SMILES string of the molecule is Cc1nc(C(=O)N(C)Cc2cc(Cl)cc(Cl)c2)c(=O)[nH]c1C. The van der Waals surface area contributed by atoms with Crippen molar-refractivity contribution in [3.05, 3.63) is 61.2 Å². The maximum Gasteiger partial charge on any atom is 0.279 e. The maximum atomic E-state index is 12.4. The highest BCUT2D eigenvalue weighted by Gasteiger charge is 2.18. The van der Waals surface area contributed by atoms with E-state index in [0.29, 0.717) is 21.4 Å². The molecule has 0 fully saturated rings. The summed E-state index contributed by atoms with van der Waals surface area (Å²) >= 11 is 11.9. The van der Waals surface area contributed by atoms with Crippen LogP contribution < -0.4 is 5.56 Å². The molecule has 0 atom stereocenters. The first kappa shape index (κ1) is 16.5. The molecule has 5 nitrogen and oxygen atoms in total. The molecule has 0 aliphatic carbocycles. The van der Waals surface area contributed by atoms with Gasteiger partial charge in [0.05, 0.1) is 5.69 Å². The average Bonchev–Trinajstić information content (AvgIpc) is 2.40. The largest absolute Gasteiger partial charge is 0.336 e. The van der Waals surface area contributed by atoms with Gasteiger partial charge in [-0.05, 0) is 37.6 Å². The van der Waals surface area contributed by atoms with Gasteiger partial charge in [-0.3, -0.25) is 9.59 Å². The summed E-state index contributed by atoms with van der Waals surface area (Å²) in [4.78, 5) is 32.4. The van der Waals surface area contributed by atoms with Crippen molar-refractivity contribution >= 4 is 29.1 Å². The first-order chi connectivity index (χ1) is 10.3. The number of carbonyl (C=O) groups is 1. The van der Waals surface area contributed by atoms with Crippen molar-refractivity contribution in [1.82, 2.24) is 14.9 Å². The zero-order valence-electron chi connectivity index (χ0n) is 12.4. The summed E-state index contributed by atoms with van der Waals surface area (Å²) in [6.45, 7) is 3.74. The second-order valence-corrected chi connectivity index (χ2v) is 5.94. The van der Waals surface area contributed by atoms with Crippen LogP contribution in [-0.2, 0) is 6.54 Å². The number of benzene rings is 1. The van der Waals surface area contributed by atoms with Crippen LogP contribution in [0.15, 0.2) is 23.0 Å². The summed E-state index contributed by atoms with van der Waals surface area (Å²) in [7, 11) is 1.59. The quantitative estimate of drug-likeness (QED) is 0.934. The molecule has 116 valence electrons. The molecule has 1 heterocycles. The number of rotatable bonds is 3. The fourth-order valence-electron chi connectivity index (χ4n) is 2.00. The lowest BCUT2D eigenvalue weighted by Crippen LogP contribution is -2.33. The second kappa shape index (κ2) is 6.50. The lowest BCUT2D eigenvalue weighted by molar-refractivity contribution is 0.0777. The average molecular weight is 340 g/mol. The lowest BCUT2D eigenvalue weighted by atomic mass is 10.2. The molecule has 2 aromatic rings. The predicted molar refractivity (Wildman–Crippen MR) is 86.6 cm³/mol. The Morgan fingerprint density at radius 2 is 1.82 bits per heavy atom. The molecule has 2 rings (SSSR count). The van der Waals surface area contributed by atoms with Gasteiger partial charge in [0.2, 0.25) is 0 Å². The molecule has 22 heavy (non-hydrogen) atoms. The van der Waals surface area contributed by atoms with Crippen molar-refractivity contribution in [3.8, 4) is 0 Å². The molecule has 1 amide bonds. The van der Waals surface area contributed by atoms with Gasteiger partial charge in [0.25, 0.3) is 11.5 Å². The summed E-state index contributed by atoms with van der Waals surface area (Å²) in [6, 6.07) is 5.05. The Morgan fingerprint density at radius 3 is 2.41 bits per heavy atom. The normalized spacial score (nSPS) is 10.6. The van der Waals surface area contributed by atoms with Crippen LogP contribution in [0.5, 0.6) is 0 Å². The number of aromatic nitrogens is 2. The maximum absolute atomic E-state index is 12.4. The molecule has 7 heteroatoms. The number of halogens is 2. The standard InChI is InChI=1S/C15H15Cl2N3O2/c1-8-9(2)19-14(21)13(18-8)15(22)20(3)7-10-4-11(16)6-12(17)5-10/h4-6H,7H2,1-3H3,(H,19,21). The minimum atomic E-state index is -0.496. The van der Waals surface area contributed by atoms with Crippen molar-refractivity contribution in [2.75, 3.05) is 7.05 Å². The highest BCUT2D eigenvalue weighted by atomic mass is 35.5. The Balaban J connectivity index is 2.26. The van der Waals surface area contributed by atoms with Crippen molar-refractivity contribution in [2.24, 2.45) is 0 Å². The van der Waals surface area contributed by atoms with Gasteiger partial charge in [0.1, 0.15) is 0 Å². The Hall–Kier alpha value is -1.85.